The van der Waals surface area contributed by atoms with E-state index in [1.807, 2.05) is 18.2 Å². The van der Waals surface area contributed by atoms with Crippen LogP contribution in [-0.4, -0.2) is 25.5 Å². The van der Waals surface area contributed by atoms with Crippen molar-refractivity contribution in [2.45, 2.75) is 0 Å². The van der Waals surface area contributed by atoms with Crippen LogP contribution < -0.4 is 9.47 Å². The minimum Gasteiger partial charge on any atom is -0.496 e. The second-order valence-electron chi connectivity index (χ2n) is 3.63. The van der Waals surface area contributed by atoms with Gasteiger partial charge in [0.1, 0.15) is 5.75 Å². The Hall–Kier alpha value is -2.36. The fourth-order valence-electron chi connectivity index (χ4n) is 1.77. The number of pyridine rings is 1. The number of rotatable bonds is 4. The van der Waals surface area contributed by atoms with Gasteiger partial charge in [0.25, 0.3) is 0 Å². The number of methoxy groups -OCH3 is 2. The smallest absolute Gasteiger partial charge is 0.221 e. The van der Waals surface area contributed by atoms with Crippen LogP contribution in [0.15, 0.2) is 36.5 Å². The molecule has 0 aliphatic rings. The lowest BCUT2D eigenvalue weighted by molar-refractivity contribution is 0.112. The summed E-state index contributed by atoms with van der Waals surface area (Å²) in [6, 6.07) is 9.09. The quantitative estimate of drug-likeness (QED) is 0.774. The summed E-state index contributed by atoms with van der Waals surface area (Å²) in [6.45, 7) is 0. The summed E-state index contributed by atoms with van der Waals surface area (Å²) >= 11 is 0. The second-order valence-corrected chi connectivity index (χ2v) is 3.63. The number of benzene rings is 1. The fraction of sp³-hybridized carbons (Fsp3) is 0.143. The Morgan fingerprint density at radius 3 is 2.67 bits per heavy atom. The lowest BCUT2D eigenvalue weighted by Gasteiger charge is -2.09. The lowest BCUT2D eigenvalue weighted by atomic mass is 10.0. The van der Waals surface area contributed by atoms with E-state index in [0.717, 1.165) is 17.4 Å². The SMILES string of the molecule is COc1ccc(-c2cccnc2OC)cc1C=O. The van der Waals surface area contributed by atoms with Gasteiger partial charge in [0.05, 0.1) is 19.8 Å². The Balaban J connectivity index is 2.54. The molecule has 0 amide bonds. The molecule has 0 radical (unpaired) electrons. The first-order valence-corrected chi connectivity index (χ1v) is 5.42. The van der Waals surface area contributed by atoms with Gasteiger partial charge in [-0.25, -0.2) is 4.98 Å². The highest BCUT2D eigenvalue weighted by Gasteiger charge is 2.09. The molecule has 0 unspecified atom stereocenters. The van der Waals surface area contributed by atoms with Crippen LogP contribution in [0.1, 0.15) is 10.4 Å². The predicted octanol–water partition coefficient (Wildman–Crippen LogP) is 2.58. The maximum Gasteiger partial charge on any atom is 0.221 e. The van der Waals surface area contributed by atoms with Crippen LogP contribution in [0.25, 0.3) is 11.1 Å². The summed E-state index contributed by atoms with van der Waals surface area (Å²) in [5, 5.41) is 0. The van der Waals surface area contributed by atoms with E-state index in [4.69, 9.17) is 9.47 Å². The van der Waals surface area contributed by atoms with E-state index in [1.165, 1.54) is 7.11 Å². The largest absolute Gasteiger partial charge is 0.496 e. The minimum absolute atomic E-state index is 0.501. The third-order valence-corrected chi connectivity index (χ3v) is 2.63. The molecule has 0 aliphatic heterocycles. The molecule has 0 atom stereocenters. The molecule has 1 heterocycles. The third-order valence-electron chi connectivity index (χ3n) is 2.63. The van der Waals surface area contributed by atoms with Crippen molar-refractivity contribution in [3.05, 3.63) is 42.1 Å². The van der Waals surface area contributed by atoms with Gasteiger partial charge in [0.2, 0.25) is 5.88 Å². The summed E-state index contributed by atoms with van der Waals surface area (Å²) in [7, 11) is 3.10. The third kappa shape index (κ3) is 2.18. The molecule has 0 aliphatic carbocycles. The van der Waals surface area contributed by atoms with Crippen LogP contribution in [0, 0.1) is 0 Å². The summed E-state index contributed by atoms with van der Waals surface area (Å²) in [4.78, 5) is 15.1. The Morgan fingerprint density at radius 1 is 1.17 bits per heavy atom. The highest BCUT2D eigenvalue weighted by Crippen LogP contribution is 2.30. The molecule has 0 saturated carbocycles. The normalized spacial score (nSPS) is 9.89. The van der Waals surface area contributed by atoms with Crippen LogP contribution in [0.4, 0.5) is 0 Å². The van der Waals surface area contributed by atoms with Crippen molar-refractivity contribution in [2.75, 3.05) is 14.2 Å². The van der Waals surface area contributed by atoms with Gasteiger partial charge in [-0.15, -0.1) is 0 Å². The second kappa shape index (κ2) is 5.31. The van der Waals surface area contributed by atoms with Crippen LogP contribution in [0.3, 0.4) is 0 Å². The minimum atomic E-state index is 0.501. The van der Waals surface area contributed by atoms with Crippen molar-refractivity contribution >= 4 is 6.29 Å². The Bertz CT molecular complexity index is 567. The molecule has 18 heavy (non-hydrogen) atoms. The number of aldehydes is 1. The molecule has 4 heteroatoms. The van der Waals surface area contributed by atoms with Gasteiger partial charge in [0.15, 0.2) is 6.29 Å². The molecule has 1 aromatic heterocycles. The first-order chi connectivity index (χ1) is 8.80. The molecule has 4 nitrogen and oxygen atoms in total. The number of carbonyl (C=O) groups is 1. The molecule has 92 valence electrons. The highest BCUT2D eigenvalue weighted by atomic mass is 16.5. The highest BCUT2D eigenvalue weighted by molar-refractivity contribution is 5.83. The average molecular weight is 243 g/mol. The maximum atomic E-state index is 11.0. The summed E-state index contributed by atoms with van der Waals surface area (Å²) in [6.07, 6.45) is 2.43. The Kier molecular flexibility index (Phi) is 3.57. The molecule has 0 fully saturated rings. The number of carbonyl (C=O) groups excluding carboxylic acids is 1. The van der Waals surface area contributed by atoms with Crippen LogP contribution in [0.5, 0.6) is 11.6 Å². The van der Waals surface area contributed by atoms with E-state index < -0.39 is 0 Å². The zero-order chi connectivity index (χ0) is 13.0. The predicted molar refractivity (Wildman–Crippen MR) is 68.2 cm³/mol. The van der Waals surface area contributed by atoms with E-state index >= 15 is 0 Å². The van der Waals surface area contributed by atoms with Crippen molar-refractivity contribution in [1.82, 2.24) is 4.98 Å². The topological polar surface area (TPSA) is 48.4 Å². The van der Waals surface area contributed by atoms with Crippen molar-refractivity contribution in [1.29, 1.82) is 0 Å². The van der Waals surface area contributed by atoms with E-state index in [-0.39, 0.29) is 0 Å². The zero-order valence-corrected chi connectivity index (χ0v) is 10.2. The van der Waals surface area contributed by atoms with E-state index in [9.17, 15) is 4.79 Å². The van der Waals surface area contributed by atoms with E-state index in [2.05, 4.69) is 4.98 Å². The molecule has 0 spiro atoms. The molecule has 2 rings (SSSR count). The Morgan fingerprint density at radius 2 is 2.00 bits per heavy atom. The number of aromatic nitrogens is 1. The maximum absolute atomic E-state index is 11.0. The van der Waals surface area contributed by atoms with Gasteiger partial charge in [-0.2, -0.15) is 0 Å². The van der Waals surface area contributed by atoms with Crippen molar-refractivity contribution < 1.29 is 14.3 Å². The average Bonchev–Trinajstić information content (AvgIpc) is 2.46. The van der Waals surface area contributed by atoms with E-state index in [0.29, 0.717) is 17.2 Å². The molecular weight excluding hydrogens is 230 g/mol. The van der Waals surface area contributed by atoms with Gasteiger partial charge < -0.3 is 9.47 Å². The molecule has 0 N–H and O–H groups in total. The first-order valence-electron chi connectivity index (χ1n) is 5.42. The molecule has 0 bridgehead atoms. The molecule has 0 saturated heterocycles. The molecular formula is C14H13NO3. The zero-order valence-electron chi connectivity index (χ0n) is 10.2. The monoisotopic (exact) mass is 243 g/mol. The summed E-state index contributed by atoms with van der Waals surface area (Å²) in [5.41, 5.74) is 2.20. The van der Waals surface area contributed by atoms with E-state index in [1.54, 1.807) is 25.4 Å². The van der Waals surface area contributed by atoms with Crippen molar-refractivity contribution in [2.24, 2.45) is 0 Å². The van der Waals surface area contributed by atoms with Gasteiger partial charge in [-0.1, -0.05) is 6.07 Å². The fourth-order valence-corrected chi connectivity index (χ4v) is 1.77. The standard InChI is InChI=1S/C14H13NO3/c1-17-13-6-5-10(8-11(13)9-16)12-4-3-7-15-14(12)18-2/h3-9H,1-2H3. The van der Waals surface area contributed by atoms with Crippen LogP contribution in [0.2, 0.25) is 0 Å². The molecule has 1 aromatic carbocycles. The number of ether oxygens (including phenoxy) is 2. The van der Waals surface area contributed by atoms with Crippen molar-refractivity contribution in [3.8, 4) is 22.8 Å². The summed E-state index contributed by atoms with van der Waals surface area (Å²) < 4.78 is 10.3. The first kappa shape index (κ1) is 12.1. The lowest BCUT2D eigenvalue weighted by Crippen LogP contribution is -1.94. The van der Waals surface area contributed by atoms with Crippen molar-refractivity contribution in [3.63, 3.8) is 0 Å². The number of nitrogens with zero attached hydrogens (tertiary/aromatic N) is 1. The van der Waals surface area contributed by atoms with Gasteiger partial charge in [-0.3, -0.25) is 4.79 Å². The number of hydrogen-bond acceptors (Lipinski definition) is 4. The van der Waals surface area contributed by atoms with Gasteiger partial charge in [0, 0.05) is 11.8 Å². The molecule has 2 aromatic rings. The Labute approximate surface area is 105 Å². The van der Waals surface area contributed by atoms with Gasteiger partial charge in [-0.05, 0) is 29.8 Å². The van der Waals surface area contributed by atoms with Crippen LogP contribution >= 0.6 is 0 Å². The number of hydrogen-bond donors (Lipinski definition) is 0. The summed E-state index contributed by atoms with van der Waals surface area (Å²) in [5.74, 6) is 1.08. The van der Waals surface area contributed by atoms with Crippen LogP contribution in [-0.2, 0) is 0 Å². The van der Waals surface area contributed by atoms with Gasteiger partial charge >= 0.3 is 0 Å².